The van der Waals surface area contributed by atoms with Gasteiger partial charge in [-0.25, -0.2) is 9.78 Å². The molecule has 0 saturated heterocycles. The van der Waals surface area contributed by atoms with Gasteiger partial charge in [0.2, 0.25) is 0 Å². The maximum atomic E-state index is 12.2. The van der Waals surface area contributed by atoms with Crippen molar-refractivity contribution >= 4 is 50.8 Å². The van der Waals surface area contributed by atoms with Crippen LogP contribution >= 0.6 is 23.1 Å². The summed E-state index contributed by atoms with van der Waals surface area (Å²) < 4.78 is 11.9. The summed E-state index contributed by atoms with van der Waals surface area (Å²) in [6.07, 6.45) is 1.15. The zero-order valence-electron chi connectivity index (χ0n) is 16.6. The minimum atomic E-state index is -0.561. The lowest BCUT2D eigenvalue weighted by atomic mass is 10.0. The number of hydrogen-bond donors (Lipinski definition) is 0. The van der Waals surface area contributed by atoms with Gasteiger partial charge in [0.25, 0.3) is 0 Å². The Morgan fingerprint density at radius 1 is 1.17 bits per heavy atom. The van der Waals surface area contributed by atoms with Crippen LogP contribution in [0, 0.1) is 13.8 Å². The van der Waals surface area contributed by atoms with Crippen molar-refractivity contribution in [3.63, 3.8) is 0 Å². The lowest BCUT2D eigenvalue weighted by Gasteiger charge is -2.11. The van der Waals surface area contributed by atoms with Gasteiger partial charge in [0.15, 0.2) is 4.34 Å². The summed E-state index contributed by atoms with van der Waals surface area (Å²) in [6.45, 7) is 5.46. The molecule has 2 aromatic carbocycles. The minimum absolute atomic E-state index is 0.203. The number of aromatic nitrogens is 1. The van der Waals surface area contributed by atoms with E-state index in [1.165, 1.54) is 25.2 Å². The Morgan fingerprint density at radius 3 is 2.62 bits per heavy atom. The van der Waals surface area contributed by atoms with Crippen LogP contribution in [0.15, 0.2) is 47.0 Å². The molecule has 1 heterocycles. The molecule has 0 atom stereocenters. The van der Waals surface area contributed by atoms with Crippen molar-refractivity contribution in [2.75, 3.05) is 7.11 Å². The van der Waals surface area contributed by atoms with Crippen molar-refractivity contribution < 1.29 is 19.1 Å². The van der Waals surface area contributed by atoms with E-state index in [9.17, 15) is 9.59 Å². The quantitative estimate of drug-likeness (QED) is 0.231. The van der Waals surface area contributed by atoms with Crippen LogP contribution in [0.3, 0.4) is 0 Å². The summed E-state index contributed by atoms with van der Waals surface area (Å²) in [4.78, 5) is 28.1. The largest absolute Gasteiger partial charge is 0.465 e. The van der Waals surface area contributed by atoms with Crippen LogP contribution in [-0.4, -0.2) is 24.0 Å². The number of benzene rings is 2. The zero-order chi connectivity index (χ0) is 21.0. The first kappa shape index (κ1) is 21.1. The number of ether oxygens (including phenoxy) is 2. The number of nitrogens with zero attached hydrogens (tertiary/aromatic N) is 1. The zero-order valence-corrected chi connectivity index (χ0v) is 18.3. The molecule has 0 bridgehead atoms. The highest BCUT2D eigenvalue weighted by Gasteiger charge is 2.18. The van der Waals surface area contributed by atoms with Crippen molar-refractivity contribution in [1.29, 1.82) is 0 Å². The number of rotatable bonds is 6. The molecule has 0 radical (unpaired) electrons. The van der Waals surface area contributed by atoms with Gasteiger partial charge in [-0.1, -0.05) is 36.0 Å². The number of esters is 2. The van der Waals surface area contributed by atoms with Crippen LogP contribution in [0.1, 0.15) is 29.2 Å². The van der Waals surface area contributed by atoms with Crippen molar-refractivity contribution in [3.05, 3.63) is 64.9 Å². The highest BCUT2D eigenvalue weighted by Crippen LogP contribution is 2.34. The predicted octanol–water partition coefficient (Wildman–Crippen LogP) is 5.28. The second-order valence-corrected chi connectivity index (χ2v) is 8.72. The highest BCUT2D eigenvalue weighted by molar-refractivity contribution is 8.00. The number of fused-ring (bicyclic) bond motifs is 1. The SMILES string of the molecule is COC(=O)C(=COC(C)=O)c1ccccc1CSc1nc2cc(C)c(C)cc2s1. The molecule has 0 unspecified atom stereocenters. The fraction of sp³-hybridized carbons (Fsp3) is 0.227. The van der Waals surface area contributed by atoms with Crippen LogP contribution in [0.25, 0.3) is 15.8 Å². The molecular formula is C22H21NO4S2. The first-order valence-corrected chi connectivity index (χ1v) is 10.7. The molecule has 0 fully saturated rings. The van der Waals surface area contributed by atoms with E-state index in [0.29, 0.717) is 11.3 Å². The number of thiazole rings is 1. The van der Waals surface area contributed by atoms with Gasteiger partial charge >= 0.3 is 11.9 Å². The molecule has 1 aromatic heterocycles. The summed E-state index contributed by atoms with van der Waals surface area (Å²) >= 11 is 3.26. The Labute approximate surface area is 177 Å². The van der Waals surface area contributed by atoms with Crippen molar-refractivity contribution in [3.8, 4) is 0 Å². The van der Waals surface area contributed by atoms with Gasteiger partial charge in [-0.05, 0) is 48.2 Å². The number of carbonyl (C=O) groups is 2. The molecule has 0 aliphatic heterocycles. The van der Waals surface area contributed by atoms with E-state index in [2.05, 4.69) is 26.0 Å². The third kappa shape index (κ3) is 5.05. The fourth-order valence-corrected chi connectivity index (χ4v) is 4.89. The lowest BCUT2D eigenvalue weighted by molar-refractivity contribution is -0.135. The molecule has 0 spiro atoms. The molecule has 3 aromatic rings. The molecule has 0 aliphatic rings. The van der Waals surface area contributed by atoms with E-state index in [1.807, 2.05) is 24.3 Å². The average molecular weight is 428 g/mol. The van der Waals surface area contributed by atoms with Crippen molar-refractivity contribution in [2.24, 2.45) is 0 Å². The van der Waals surface area contributed by atoms with Gasteiger partial charge in [0, 0.05) is 12.7 Å². The smallest absolute Gasteiger partial charge is 0.341 e. The van der Waals surface area contributed by atoms with E-state index in [1.54, 1.807) is 23.1 Å². The number of aryl methyl sites for hydroxylation is 2. The molecule has 5 nitrogen and oxygen atoms in total. The molecule has 3 rings (SSSR count). The Balaban J connectivity index is 1.87. The summed E-state index contributed by atoms with van der Waals surface area (Å²) in [6, 6.07) is 11.8. The van der Waals surface area contributed by atoms with E-state index in [4.69, 9.17) is 14.5 Å². The standard InChI is InChI=1S/C22H21NO4S2/c1-13-9-19-20(10-14(13)2)29-22(23-19)28-12-16-7-5-6-8-17(16)18(21(25)26-4)11-27-15(3)24/h5-11H,12H2,1-4H3. The van der Waals surface area contributed by atoms with E-state index < -0.39 is 11.9 Å². The molecule has 0 N–H and O–H groups in total. The third-order valence-corrected chi connectivity index (χ3v) is 6.60. The Bertz CT molecular complexity index is 1060. The van der Waals surface area contributed by atoms with E-state index in [0.717, 1.165) is 26.4 Å². The Kier molecular flexibility index (Phi) is 6.71. The first-order valence-electron chi connectivity index (χ1n) is 8.93. The molecule has 150 valence electrons. The van der Waals surface area contributed by atoms with Crippen molar-refractivity contribution in [1.82, 2.24) is 4.98 Å². The second kappa shape index (κ2) is 9.24. The van der Waals surface area contributed by atoms with Crippen LogP contribution in [-0.2, 0) is 24.8 Å². The van der Waals surface area contributed by atoms with Gasteiger partial charge < -0.3 is 9.47 Å². The molecular weight excluding hydrogens is 406 g/mol. The summed E-state index contributed by atoms with van der Waals surface area (Å²) in [5.41, 5.74) is 5.27. The van der Waals surface area contributed by atoms with Crippen LogP contribution in [0.5, 0.6) is 0 Å². The maximum Gasteiger partial charge on any atom is 0.341 e. The third-order valence-electron chi connectivity index (χ3n) is 4.39. The van der Waals surface area contributed by atoms with Crippen molar-refractivity contribution in [2.45, 2.75) is 30.9 Å². The molecule has 0 aliphatic carbocycles. The molecule has 0 amide bonds. The van der Waals surface area contributed by atoms with Gasteiger partial charge in [0.1, 0.15) is 11.8 Å². The first-order chi connectivity index (χ1) is 13.9. The van der Waals surface area contributed by atoms with Gasteiger partial charge in [0.05, 0.1) is 17.3 Å². The number of methoxy groups -OCH3 is 1. The second-order valence-electron chi connectivity index (χ2n) is 6.46. The Hall–Kier alpha value is -2.64. The highest BCUT2D eigenvalue weighted by atomic mass is 32.2. The van der Waals surface area contributed by atoms with Gasteiger partial charge in [-0.3, -0.25) is 4.79 Å². The number of thioether (sulfide) groups is 1. The molecule has 0 saturated carbocycles. The normalized spacial score (nSPS) is 11.5. The Morgan fingerprint density at radius 2 is 1.90 bits per heavy atom. The predicted molar refractivity (Wildman–Crippen MR) is 117 cm³/mol. The maximum absolute atomic E-state index is 12.2. The summed E-state index contributed by atoms with van der Waals surface area (Å²) in [5.74, 6) is -0.449. The van der Waals surface area contributed by atoms with Crippen LogP contribution in [0.4, 0.5) is 0 Å². The molecule has 7 heteroatoms. The van der Waals surface area contributed by atoms with Crippen LogP contribution < -0.4 is 0 Å². The fourth-order valence-electron chi connectivity index (χ4n) is 2.74. The van der Waals surface area contributed by atoms with E-state index in [-0.39, 0.29) is 5.57 Å². The summed E-state index contributed by atoms with van der Waals surface area (Å²) in [5, 5.41) is 0. The summed E-state index contributed by atoms with van der Waals surface area (Å²) in [7, 11) is 1.30. The average Bonchev–Trinajstić information content (AvgIpc) is 3.08. The van der Waals surface area contributed by atoms with Gasteiger partial charge in [-0.15, -0.1) is 11.3 Å². The number of hydrogen-bond acceptors (Lipinski definition) is 7. The topological polar surface area (TPSA) is 65.5 Å². The van der Waals surface area contributed by atoms with E-state index >= 15 is 0 Å². The van der Waals surface area contributed by atoms with Gasteiger partial charge in [-0.2, -0.15) is 0 Å². The lowest BCUT2D eigenvalue weighted by Crippen LogP contribution is -2.07. The molecule has 29 heavy (non-hydrogen) atoms. The monoisotopic (exact) mass is 427 g/mol. The minimum Gasteiger partial charge on any atom is -0.465 e. The number of carbonyl (C=O) groups excluding carboxylic acids is 2. The van der Waals surface area contributed by atoms with Crippen LogP contribution in [0.2, 0.25) is 0 Å².